The molecule has 0 radical (unpaired) electrons. The SMILES string of the molecule is CC(C)CNc1nccn1-c1ccc(Cl)cc1. The highest BCUT2D eigenvalue weighted by Gasteiger charge is 2.04. The van der Waals surface area contributed by atoms with Crippen LogP contribution in [0.25, 0.3) is 5.69 Å². The average Bonchev–Trinajstić information content (AvgIpc) is 2.75. The fourth-order valence-electron chi connectivity index (χ4n) is 1.54. The number of aromatic nitrogens is 2. The van der Waals surface area contributed by atoms with Gasteiger partial charge in [0.05, 0.1) is 0 Å². The second kappa shape index (κ2) is 5.23. The largest absolute Gasteiger partial charge is 0.355 e. The Hall–Kier alpha value is -1.48. The van der Waals surface area contributed by atoms with Crippen LogP contribution in [0.15, 0.2) is 36.7 Å². The molecule has 0 amide bonds. The van der Waals surface area contributed by atoms with Crippen molar-refractivity contribution in [1.29, 1.82) is 0 Å². The van der Waals surface area contributed by atoms with Gasteiger partial charge in [0.2, 0.25) is 5.95 Å². The molecule has 0 spiro atoms. The molecular weight excluding hydrogens is 234 g/mol. The van der Waals surface area contributed by atoms with Gasteiger partial charge in [-0.3, -0.25) is 4.57 Å². The van der Waals surface area contributed by atoms with Crippen molar-refractivity contribution in [1.82, 2.24) is 9.55 Å². The number of nitrogens with one attached hydrogen (secondary N) is 1. The summed E-state index contributed by atoms with van der Waals surface area (Å²) in [7, 11) is 0. The van der Waals surface area contributed by atoms with Crippen LogP contribution in [-0.2, 0) is 0 Å². The minimum absolute atomic E-state index is 0.588. The first kappa shape index (κ1) is 12.0. The van der Waals surface area contributed by atoms with Crippen molar-refractivity contribution >= 4 is 17.5 Å². The van der Waals surface area contributed by atoms with Crippen molar-refractivity contribution in [3.05, 3.63) is 41.7 Å². The zero-order chi connectivity index (χ0) is 12.3. The molecule has 17 heavy (non-hydrogen) atoms. The lowest BCUT2D eigenvalue weighted by atomic mass is 10.2. The van der Waals surface area contributed by atoms with Gasteiger partial charge in [-0.2, -0.15) is 0 Å². The Morgan fingerprint density at radius 1 is 1.29 bits per heavy atom. The highest BCUT2D eigenvalue weighted by molar-refractivity contribution is 6.30. The van der Waals surface area contributed by atoms with Crippen LogP contribution in [0.2, 0.25) is 5.02 Å². The van der Waals surface area contributed by atoms with Crippen LogP contribution in [0.3, 0.4) is 0 Å². The van der Waals surface area contributed by atoms with Gasteiger partial charge in [-0.25, -0.2) is 4.98 Å². The first-order valence-electron chi connectivity index (χ1n) is 5.70. The summed E-state index contributed by atoms with van der Waals surface area (Å²) in [4.78, 5) is 4.31. The van der Waals surface area contributed by atoms with E-state index in [-0.39, 0.29) is 0 Å². The molecule has 0 fully saturated rings. The Labute approximate surface area is 106 Å². The molecule has 0 aliphatic rings. The van der Waals surface area contributed by atoms with Crippen molar-refractivity contribution in [2.75, 3.05) is 11.9 Å². The molecule has 3 nitrogen and oxygen atoms in total. The standard InChI is InChI=1S/C13H16ClN3/c1-10(2)9-16-13-15-7-8-17(13)12-5-3-11(14)4-6-12/h3-8,10H,9H2,1-2H3,(H,15,16). The predicted molar refractivity (Wildman–Crippen MR) is 71.9 cm³/mol. The molecule has 0 aliphatic heterocycles. The van der Waals surface area contributed by atoms with Gasteiger partial charge in [0.15, 0.2) is 0 Å². The number of halogens is 1. The Bertz CT molecular complexity index is 474. The number of nitrogens with zero attached hydrogens (tertiary/aromatic N) is 2. The molecule has 0 saturated heterocycles. The molecule has 1 aromatic heterocycles. The van der Waals surface area contributed by atoms with E-state index in [1.54, 1.807) is 6.20 Å². The van der Waals surface area contributed by atoms with Crippen molar-refractivity contribution in [2.24, 2.45) is 5.92 Å². The van der Waals surface area contributed by atoms with E-state index in [4.69, 9.17) is 11.6 Å². The van der Waals surface area contributed by atoms with Crippen molar-refractivity contribution in [3.63, 3.8) is 0 Å². The molecule has 1 N–H and O–H groups in total. The third kappa shape index (κ3) is 3.01. The summed E-state index contributed by atoms with van der Waals surface area (Å²) in [6.45, 7) is 5.25. The first-order chi connectivity index (χ1) is 8.16. The second-order valence-corrected chi connectivity index (χ2v) is 4.81. The highest BCUT2D eigenvalue weighted by Crippen LogP contribution is 2.17. The molecule has 4 heteroatoms. The van der Waals surface area contributed by atoms with E-state index in [0.717, 1.165) is 23.2 Å². The summed E-state index contributed by atoms with van der Waals surface area (Å²) in [5.41, 5.74) is 1.05. The van der Waals surface area contributed by atoms with Crippen molar-refractivity contribution in [3.8, 4) is 5.69 Å². The van der Waals surface area contributed by atoms with Crippen LogP contribution < -0.4 is 5.32 Å². The molecule has 0 aliphatic carbocycles. The number of benzene rings is 1. The predicted octanol–water partition coefficient (Wildman–Crippen LogP) is 3.59. The van der Waals surface area contributed by atoms with Crippen LogP contribution in [0.4, 0.5) is 5.95 Å². The average molecular weight is 250 g/mol. The molecule has 0 unspecified atom stereocenters. The zero-order valence-corrected chi connectivity index (χ0v) is 10.8. The molecule has 0 atom stereocenters. The Kier molecular flexibility index (Phi) is 3.69. The first-order valence-corrected chi connectivity index (χ1v) is 6.08. The monoisotopic (exact) mass is 249 g/mol. The number of imidazole rings is 1. The van der Waals surface area contributed by atoms with E-state index in [2.05, 4.69) is 24.1 Å². The minimum Gasteiger partial charge on any atom is -0.355 e. The second-order valence-electron chi connectivity index (χ2n) is 4.37. The van der Waals surface area contributed by atoms with Gasteiger partial charge in [-0.15, -0.1) is 0 Å². The Balaban J connectivity index is 2.21. The van der Waals surface area contributed by atoms with Crippen LogP contribution in [0.5, 0.6) is 0 Å². The maximum atomic E-state index is 5.88. The van der Waals surface area contributed by atoms with Gasteiger partial charge in [0.1, 0.15) is 0 Å². The van der Waals surface area contributed by atoms with Gasteiger partial charge >= 0.3 is 0 Å². The lowest BCUT2D eigenvalue weighted by Crippen LogP contribution is -2.11. The van der Waals surface area contributed by atoms with Gasteiger partial charge in [-0.1, -0.05) is 25.4 Å². The number of hydrogen-bond acceptors (Lipinski definition) is 2. The fraction of sp³-hybridized carbons (Fsp3) is 0.308. The number of anilines is 1. The summed E-state index contributed by atoms with van der Waals surface area (Å²) in [5, 5.41) is 4.07. The normalized spacial score (nSPS) is 10.8. The number of hydrogen-bond donors (Lipinski definition) is 1. The maximum absolute atomic E-state index is 5.88. The van der Waals surface area contributed by atoms with Crippen LogP contribution in [0, 0.1) is 5.92 Å². The highest BCUT2D eigenvalue weighted by atomic mass is 35.5. The smallest absolute Gasteiger partial charge is 0.207 e. The summed E-state index contributed by atoms with van der Waals surface area (Å²) < 4.78 is 2.01. The van der Waals surface area contributed by atoms with Crippen LogP contribution >= 0.6 is 11.6 Å². The summed E-state index contributed by atoms with van der Waals surface area (Å²) in [6.07, 6.45) is 3.73. The van der Waals surface area contributed by atoms with Crippen LogP contribution in [-0.4, -0.2) is 16.1 Å². The van der Waals surface area contributed by atoms with E-state index in [1.165, 1.54) is 0 Å². The van der Waals surface area contributed by atoms with Gasteiger partial charge < -0.3 is 5.32 Å². The molecule has 0 bridgehead atoms. The molecule has 2 aromatic rings. The molecule has 1 aromatic carbocycles. The van der Waals surface area contributed by atoms with Crippen molar-refractivity contribution < 1.29 is 0 Å². The quantitative estimate of drug-likeness (QED) is 0.897. The van der Waals surface area contributed by atoms with Crippen LogP contribution in [0.1, 0.15) is 13.8 Å². The van der Waals surface area contributed by atoms with Gasteiger partial charge in [-0.05, 0) is 30.2 Å². The number of rotatable bonds is 4. The minimum atomic E-state index is 0.588. The molecule has 0 saturated carbocycles. The lowest BCUT2D eigenvalue weighted by molar-refractivity contribution is 0.683. The third-order valence-corrected chi connectivity index (χ3v) is 2.67. The van der Waals surface area contributed by atoms with E-state index >= 15 is 0 Å². The Morgan fingerprint density at radius 2 is 2.00 bits per heavy atom. The topological polar surface area (TPSA) is 29.9 Å². The summed E-state index contributed by atoms with van der Waals surface area (Å²) in [5.74, 6) is 1.45. The zero-order valence-electron chi connectivity index (χ0n) is 10.0. The van der Waals surface area contributed by atoms with E-state index in [1.807, 2.05) is 35.0 Å². The van der Waals surface area contributed by atoms with E-state index in [9.17, 15) is 0 Å². The Morgan fingerprint density at radius 3 is 2.65 bits per heavy atom. The molecule has 2 rings (SSSR count). The van der Waals surface area contributed by atoms with Gasteiger partial charge in [0, 0.05) is 29.6 Å². The molecular formula is C13H16ClN3. The van der Waals surface area contributed by atoms with Crippen molar-refractivity contribution in [2.45, 2.75) is 13.8 Å². The van der Waals surface area contributed by atoms with E-state index < -0.39 is 0 Å². The summed E-state index contributed by atoms with van der Waals surface area (Å²) >= 11 is 5.88. The van der Waals surface area contributed by atoms with E-state index in [0.29, 0.717) is 5.92 Å². The maximum Gasteiger partial charge on any atom is 0.207 e. The summed E-state index contributed by atoms with van der Waals surface area (Å²) in [6, 6.07) is 7.71. The third-order valence-electron chi connectivity index (χ3n) is 2.41. The fourth-order valence-corrected chi connectivity index (χ4v) is 1.67. The molecule has 90 valence electrons. The lowest BCUT2D eigenvalue weighted by Gasteiger charge is -2.11. The van der Waals surface area contributed by atoms with Gasteiger partial charge in [0.25, 0.3) is 0 Å². The molecule has 1 heterocycles.